The third-order valence-corrected chi connectivity index (χ3v) is 4.52. The zero-order valence-electron chi connectivity index (χ0n) is 20.1. The Morgan fingerprint density at radius 1 is 1.00 bits per heavy atom. The van der Waals surface area contributed by atoms with E-state index in [1.54, 1.807) is 24.3 Å². The van der Waals surface area contributed by atoms with Gasteiger partial charge in [0.1, 0.15) is 11.8 Å². The topological polar surface area (TPSA) is 96.2 Å². The number of aromatic nitrogens is 1. The summed E-state index contributed by atoms with van der Waals surface area (Å²) in [7, 11) is -10.7. The van der Waals surface area contributed by atoms with Gasteiger partial charge in [-0.15, -0.1) is 0 Å². The van der Waals surface area contributed by atoms with Crippen LogP contribution in [0, 0.1) is 11.3 Å². The van der Waals surface area contributed by atoms with E-state index in [1.165, 1.54) is 18.2 Å². The number of hydrogen-bond donors (Lipinski definition) is 2. The summed E-state index contributed by atoms with van der Waals surface area (Å²) in [5, 5.41) is 27.6. The second-order valence-corrected chi connectivity index (χ2v) is 10.6. The Balaban J connectivity index is 0.000000535. The summed E-state index contributed by atoms with van der Waals surface area (Å²) in [4.78, 5) is 8.51. The molecule has 3 rings (SSSR count). The summed E-state index contributed by atoms with van der Waals surface area (Å²) in [5.41, 5.74) is 2.10. The quantitative estimate of drug-likeness (QED) is 0.220. The molecule has 1 aromatic heterocycles. The van der Waals surface area contributed by atoms with Gasteiger partial charge in [0.25, 0.3) is 0 Å². The number of nitrogens with zero attached hydrogens (tertiary/aromatic N) is 3. The SMILES string of the molecule is CC1=NCCCNCCCNC(C)(C)C1.F[P-](F)(F)(F)(F)F.N#Cc1ccc2cccc([O-])c2n1.[Ni+2]. The molecule has 0 spiro atoms. The molecule has 0 aliphatic carbocycles. The molecule has 0 amide bonds. The third kappa shape index (κ3) is 18.3. The maximum Gasteiger partial charge on any atom is 2.00 e. The maximum absolute atomic E-state index is 11.3. The van der Waals surface area contributed by atoms with Gasteiger partial charge in [-0.05, 0) is 70.8 Å². The molecule has 2 heterocycles. The number of rotatable bonds is 0. The van der Waals surface area contributed by atoms with Crippen LogP contribution in [-0.2, 0) is 16.5 Å². The summed E-state index contributed by atoms with van der Waals surface area (Å²) < 4.78 is 59.2. The maximum atomic E-state index is 11.3. The number of nitrogens with one attached hydrogen (secondary N) is 2. The Kier molecular flexibility index (Phi) is 12.3. The van der Waals surface area contributed by atoms with E-state index in [2.05, 4.69) is 41.4 Å². The number of halogens is 6. The van der Waals surface area contributed by atoms with Crippen molar-refractivity contribution in [3.63, 3.8) is 0 Å². The average Bonchev–Trinajstić information content (AvgIpc) is 2.69. The predicted molar refractivity (Wildman–Crippen MR) is 126 cm³/mol. The van der Waals surface area contributed by atoms with E-state index >= 15 is 0 Å². The molecule has 0 saturated carbocycles. The van der Waals surface area contributed by atoms with Crippen LogP contribution in [0.15, 0.2) is 35.3 Å². The second-order valence-electron chi connectivity index (χ2n) is 8.66. The van der Waals surface area contributed by atoms with E-state index in [0.717, 1.165) is 44.4 Å². The van der Waals surface area contributed by atoms with Crippen LogP contribution in [0.3, 0.4) is 0 Å². The van der Waals surface area contributed by atoms with Gasteiger partial charge in [-0.25, -0.2) is 4.98 Å². The van der Waals surface area contributed by atoms with Crippen LogP contribution in [0.2, 0.25) is 0 Å². The van der Waals surface area contributed by atoms with Crippen molar-refractivity contribution >= 4 is 24.4 Å². The molecule has 0 atom stereocenters. The molecule has 1 aromatic carbocycles. The number of aliphatic imine (C=N–C) groups is 1. The number of fused-ring (bicyclic) bond motifs is 1. The monoisotopic (exact) mass is 583 g/mol. The molecule has 1 aliphatic rings. The van der Waals surface area contributed by atoms with Crippen LogP contribution < -0.4 is 15.7 Å². The standard InChI is InChI=1S/C12H25N3.C10H6N2O.F6P.Ni/c1-11-10-12(2,3)15-9-5-7-13-6-4-8-14-11;11-6-8-5-4-7-2-1-3-9(13)10(7)12-8;1-7(2,3,4,5)6;/h13,15H,4-10H2,1-3H3;1-5,13H;;/q;;-1;+2/p-1. The molecular weight excluding hydrogens is 554 g/mol. The second kappa shape index (κ2) is 13.0. The van der Waals surface area contributed by atoms with Crippen molar-refractivity contribution in [2.75, 3.05) is 26.2 Å². The van der Waals surface area contributed by atoms with E-state index in [0.29, 0.717) is 5.52 Å². The largest absolute Gasteiger partial charge is 2.00 e. The Morgan fingerprint density at radius 3 is 2.22 bits per heavy atom. The summed E-state index contributed by atoms with van der Waals surface area (Å²) in [6.45, 7) is 10.9. The van der Waals surface area contributed by atoms with Crippen molar-refractivity contribution in [2.45, 2.75) is 45.6 Å². The Morgan fingerprint density at radius 2 is 1.61 bits per heavy atom. The first kappa shape index (κ1) is 34.0. The van der Waals surface area contributed by atoms with Gasteiger partial charge in [0.15, 0.2) is 0 Å². The molecule has 1 aliphatic heterocycles. The molecular formula is C22H30F6N5NiOP. The van der Waals surface area contributed by atoms with Crippen LogP contribution >= 0.6 is 7.81 Å². The van der Waals surface area contributed by atoms with Crippen LogP contribution in [-0.4, -0.2) is 42.4 Å². The first-order chi connectivity index (χ1) is 15.9. The van der Waals surface area contributed by atoms with Crippen molar-refractivity contribution in [1.29, 1.82) is 5.26 Å². The third-order valence-electron chi connectivity index (χ3n) is 4.52. The average molecular weight is 584 g/mol. The number of hydrogen-bond acceptors (Lipinski definition) is 6. The summed E-state index contributed by atoms with van der Waals surface area (Å²) >= 11 is 0. The number of benzene rings is 1. The van der Waals surface area contributed by atoms with Gasteiger partial charge in [-0.1, -0.05) is 23.9 Å². The molecule has 0 bridgehead atoms. The van der Waals surface area contributed by atoms with Gasteiger partial charge in [-0.2, -0.15) is 5.26 Å². The molecule has 2 aromatic rings. The zero-order valence-corrected chi connectivity index (χ0v) is 22.0. The van der Waals surface area contributed by atoms with Crippen LogP contribution in [0.1, 0.15) is 45.7 Å². The van der Waals surface area contributed by atoms with E-state index in [-0.39, 0.29) is 33.5 Å². The van der Waals surface area contributed by atoms with Gasteiger partial charge in [0.2, 0.25) is 0 Å². The number of pyridine rings is 1. The van der Waals surface area contributed by atoms with E-state index in [1.807, 2.05) is 6.07 Å². The first-order valence-electron chi connectivity index (χ1n) is 10.9. The molecule has 0 saturated heterocycles. The molecule has 0 radical (unpaired) electrons. The molecule has 14 heteroatoms. The summed E-state index contributed by atoms with van der Waals surface area (Å²) in [6, 6.07) is 10.1. The molecule has 206 valence electrons. The van der Waals surface area contributed by atoms with Crippen molar-refractivity contribution in [1.82, 2.24) is 15.6 Å². The van der Waals surface area contributed by atoms with Gasteiger partial charge in [0.05, 0.1) is 5.52 Å². The van der Waals surface area contributed by atoms with E-state index in [9.17, 15) is 30.3 Å². The van der Waals surface area contributed by atoms with Crippen molar-refractivity contribution in [3.8, 4) is 11.8 Å². The van der Waals surface area contributed by atoms with E-state index in [4.69, 9.17) is 5.26 Å². The smallest absolute Gasteiger partial charge is 0.871 e. The zero-order chi connectivity index (χ0) is 26.8. The number of nitriles is 1. The van der Waals surface area contributed by atoms with Crippen molar-refractivity contribution in [2.24, 2.45) is 4.99 Å². The fourth-order valence-corrected chi connectivity index (χ4v) is 3.18. The van der Waals surface area contributed by atoms with Gasteiger partial charge >= 0.3 is 49.5 Å². The molecule has 36 heavy (non-hydrogen) atoms. The Hall–Kier alpha value is -1.99. The minimum absolute atomic E-state index is 0. The minimum atomic E-state index is -10.7. The Bertz CT molecular complexity index is 1050. The summed E-state index contributed by atoms with van der Waals surface area (Å²) in [5.74, 6) is -0.144. The molecule has 0 unspecified atom stereocenters. The molecule has 0 fully saturated rings. The summed E-state index contributed by atoms with van der Waals surface area (Å²) in [6.07, 6.45) is 3.42. The van der Waals surface area contributed by atoms with Crippen molar-refractivity contribution in [3.05, 3.63) is 36.0 Å². The fourth-order valence-electron chi connectivity index (χ4n) is 3.18. The molecule has 2 N–H and O–H groups in total. The van der Waals surface area contributed by atoms with Crippen molar-refractivity contribution < 1.29 is 46.8 Å². The van der Waals surface area contributed by atoms with Crippen LogP contribution in [0.5, 0.6) is 5.75 Å². The van der Waals surface area contributed by atoms with Gasteiger partial charge < -0.3 is 15.7 Å². The minimum Gasteiger partial charge on any atom is -0.871 e. The fraction of sp³-hybridized carbons (Fsp3) is 0.500. The van der Waals surface area contributed by atoms with Gasteiger partial charge in [0, 0.05) is 24.2 Å². The first-order valence-corrected chi connectivity index (χ1v) is 12.9. The normalized spacial score (nSPS) is 18.4. The van der Waals surface area contributed by atoms with Gasteiger partial charge in [-0.3, -0.25) is 4.99 Å². The number of para-hydroxylation sites is 1. The Labute approximate surface area is 216 Å². The van der Waals surface area contributed by atoms with E-state index < -0.39 is 7.81 Å². The van der Waals surface area contributed by atoms with Crippen LogP contribution in [0.25, 0.3) is 10.9 Å². The van der Waals surface area contributed by atoms with Crippen LogP contribution in [0.4, 0.5) is 25.2 Å². The predicted octanol–water partition coefficient (Wildman–Crippen LogP) is 6.15. The molecule has 6 nitrogen and oxygen atoms in total.